The Bertz CT molecular complexity index is 664. The van der Waals surface area contributed by atoms with Crippen LogP contribution in [0.4, 0.5) is 4.39 Å². The van der Waals surface area contributed by atoms with Crippen molar-refractivity contribution in [3.8, 4) is 11.4 Å². The van der Waals surface area contributed by atoms with Crippen molar-refractivity contribution >= 4 is 11.6 Å². The van der Waals surface area contributed by atoms with E-state index in [1.807, 2.05) is 0 Å². The Kier molecular flexibility index (Phi) is 2.67. The third-order valence-electron chi connectivity index (χ3n) is 2.95. The summed E-state index contributed by atoms with van der Waals surface area (Å²) in [4.78, 5) is 18.5. The van der Waals surface area contributed by atoms with Gasteiger partial charge in [-0.15, -0.1) is 0 Å². The quantitative estimate of drug-likeness (QED) is 0.906. The largest absolute Gasteiger partial charge is 0.307 e. The fourth-order valence-electron chi connectivity index (χ4n) is 1.84. The van der Waals surface area contributed by atoms with Crippen molar-refractivity contribution in [2.24, 2.45) is 0 Å². The van der Waals surface area contributed by atoms with Gasteiger partial charge in [-0.25, -0.2) is 9.37 Å². The van der Waals surface area contributed by atoms with Crippen LogP contribution in [0, 0.1) is 5.82 Å². The normalized spacial score (nSPS) is 14.8. The number of nitrogens with one attached hydrogen (secondary N) is 1. The molecule has 3 nitrogen and oxygen atoms in total. The van der Waals surface area contributed by atoms with Crippen LogP contribution in [0.2, 0.25) is 5.02 Å². The van der Waals surface area contributed by atoms with Crippen LogP contribution in [-0.4, -0.2) is 9.97 Å². The van der Waals surface area contributed by atoms with E-state index in [4.69, 9.17) is 11.6 Å². The number of nitrogens with zero attached hydrogens (tertiary/aromatic N) is 1. The van der Waals surface area contributed by atoms with Gasteiger partial charge in [0.1, 0.15) is 11.6 Å². The second-order valence-electron chi connectivity index (χ2n) is 4.42. The van der Waals surface area contributed by atoms with Gasteiger partial charge in [-0.3, -0.25) is 4.79 Å². The number of halogens is 2. The molecule has 1 fully saturated rings. The zero-order valence-electron chi connectivity index (χ0n) is 9.41. The Hall–Kier alpha value is -1.68. The highest BCUT2D eigenvalue weighted by molar-refractivity contribution is 6.30. The molecular formula is C13H10ClFN2O. The maximum atomic E-state index is 13.4. The second-order valence-corrected chi connectivity index (χ2v) is 4.83. The second kappa shape index (κ2) is 4.21. The van der Waals surface area contributed by atoms with Crippen LogP contribution in [0.5, 0.6) is 0 Å². The van der Waals surface area contributed by atoms with Crippen LogP contribution < -0.4 is 5.56 Å². The topological polar surface area (TPSA) is 45.8 Å². The molecule has 92 valence electrons. The molecule has 0 atom stereocenters. The summed E-state index contributed by atoms with van der Waals surface area (Å²) in [6.07, 6.45) is 2.12. The fourth-order valence-corrected chi connectivity index (χ4v) is 1.96. The predicted molar refractivity (Wildman–Crippen MR) is 67.2 cm³/mol. The molecule has 0 amide bonds. The summed E-state index contributed by atoms with van der Waals surface area (Å²) in [5.74, 6) is 0.247. The SMILES string of the molecule is O=c1cc(C2CC2)nc(-c2ccc(Cl)c(F)c2)[nH]1. The Balaban J connectivity index is 2.09. The van der Waals surface area contributed by atoms with Gasteiger partial charge < -0.3 is 4.98 Å². The molecule has 1 aliphatic rings. The van der Waals surface area contributed by atoms with E-state index in [0.717, 1.165) is 18.5 Å². The van der Waals surface area contributed by atoms with Gasteiger partial charge in [0, 0.05) is 17.5 Å². The lowest BCUT2D eigenvalue weighted by Crippen LogP contribution is -2.10. The van der Waals surface area contributed by atoms with Crippen molar-refractivity contribution in [3.05, 3.63) is 51.2 Å². The fraction of sp³-hybridized carbons (Fsp3) is 0.231. The minimum atomic E-state index is -0.520. The van der Waals surface area contributed by atoms with Crippen LogP contribution in [0.25, 0.3) is 11.4 Å². The van der Waals surface area contributed by atoms with Crippen molar-refractivity contribution < 1.29 is 4.39 Å². The highest BCUT2D eigenvalue weighted by atomic mass is 35.5. The van der Waals surface area contributed by atoms with E-state index in [-0.39, 0.29) is 10.6 Å². The molecule has 0 unspecified atom stereocenters. The first-order valence-electron chi connectivity index (χ1n) is 5.70. The molecule has 0 saturated heterocycles. The number of rotatable bonds is 2. The molecule has 1 heterocycles. The molecule has 3 rings (SSSR count). The summed E-state index contributed by atoms with van der Waals surface area (Å²) in [6, 6.07) is 5.88. The molecule has 1 saturated carbocycles. The Morgan fingerprint density at radius 2 is 2.11 bits per heavy atom. The van der Waals surface area contributed by atoms with Gasteiger partial charge in [-0.1, -0.05) is 11.6 Å². The Labute approximate surface area is 108 Å². The highest BCUT2D eigenvalue weighted by Crippen LogP contribution is 2.38. The Morgan fingerprint density at radius 3 is 2.78 bits per heavy atom. The van der Waals surface area contributed by atoms with Gasteiger partial charge in [0.25, 0.3) is 5.56 Å². The van der Waals surface area contributed by atoms with Crippen molar-refractivity contribution in [1.29, 1.82) is 0 Å². The lowest BCUT2D eigenvalue weighted by Gasteiger charge is -2.04. The van der Waals surface area contributed by atoms with E-state index < -0.39 is 5.82 Å². The van der Waals surface area contributed by atoms with Crippen molar-refractivity contribution in [3.63, 3.8) is 0 Å². The molecule has 0 radical (unpaired) electrons. The van der Waals surface area contributed by atoms with E-state index >= 15 is 0 Å². The molecule has 0 aliphatic heterocycles. The molecule has 1 N–H and O–H groups in total. The first-order valence-corrected chi connectivity index (χ1v) is 6.08. The Morgan fingerprint density at radius 1 is 1.33 bits per heavy atom. The van der Waals surface area contributed by atoms with Gasteiger partial charge >= 0.3 is 0 Å². The zero-order valence-corrected chi connectivity index (χ0v) is 10.2. The van der Waals surface area contributed by atoms with Gasteiger partial charge in [-0.2, -0.15) is 0 Å². The predicted octanol–water partition coefficient (Wildman–Crippen LogP) is 3.11. The maximum Gasteiger partial charge on any atom is 0.251 e. The number of aromatic amines is 1. The van der Waals surface area contributed by atoms with E-state index in [2.05, 4.69) is 9.97 Å². The third kappa shape index (κ3) is 2.16. The van der Waals surface area contributed by atoms with Gasteiger partial charge in [0.2, 0.25) is 0 Å². The van der Waals surface area contributed by atoms with Crippen LogP contribution in [0.1, 0.15) is 24.5 Å². The molecule has 1 aromatic heterocycles. The minimum absolute atomic E-state index is 0.0550. The maximum absolute atomic E-state index is 13.4. The number of aromatic nitrogens is 2. The summed E-state index contributed by atoms with van der Waals surface area (Å²) in [6.45, 7) is 0. The highest BCUT2D eigenvalue weighted by Gasteiger charge is 2.25. The number of H-pyrrole nitrogens is 1. The summed E-state index contributed by atoms with van der Waals surface area (Å²) >= 11 is 5.62. The average Bonchev–Trinajstić information content (AvgIpc) is 3.16. The van der Waals surface area contributed by atoms with Crippen LogP contribution in [0.3, 0.4) is 0 Å². The van der Waals surface area contributed by atoms with E-state index in [0.29, 0.717) is 17.3 Å². The van der Waals surface area contributed by atoms with Gasteiger partial charge in [-0.05, 0) is 31.0 Å². The first kappa shape index (κ1) is 11.4. The van der Waals surface area contributed by atoms with Gasteiger partial charge in [0.15, 0.2) is 0 Å². The van der Waals surface area contributed by atoms with E-state index in [1.54, 1.807) is 6.07 Å². The van der Waals surface area contributed by atoms with E-state index in [9.17, 15) is 9.18 Å². The molecule has 18 heavy (non-hydrogen) atoms. The van der Waals surface area contributed by atoms with Crippen molar-refractivity contribution in [2.75, 3.05) is 0 Å². The lowest BCUT2D eigenvalue weighted by atomic mass is 10.2. The summed E-state index contributed by atoms with van der Waals surface area (Å²) in [5.41, 5.74) is 1.10. The molecular weight excluding hydrogens is 255 g/mol. The molecule has 1 aromatic carbocycles. The number of hydrogen-bond acceptors (Lipinski definition) is 2. The molecule has 0 bridgehead atoms. The van der Waals surface area contributed by atoms with Crippen LogP contribution >= 0.6 is 11.6 Å². The number of hydrogen-bond donors (Lipinski definition) is 1. The molecule has 1 aliphatic carbocycles. The van der Waals surface area contributed by atoms with Crippen LogP contribution in [0.15, 0.2) is 29.1 Å². The minimum Gasteiger partial charge on any atom is -0.307 e. The standard InChI is InChI=1S/C13H10ClFN2O/c14-9-4-3-8(5-10(9)15)13-16-11(7-1-2-7)6-12(18)17-13/h3-7H,1-2H2,(H,16,17,18). The van der Waals surface area contributed by atoms with E-state index in [1.165, 1.54) is 18.2 Å². The van der Waals surface area contributed by atoms with Crippen LogP contribution in [-0.2, 0) is 0 Å². The summed E-state index contributed by atoms with van der Waals surface area (Å²) in [5, 5.41) is 0.0550. The zero-order chi connectivity index (χ0) is 12.7. The van der Waals surface area contributed by atoms with Crippen molar-refractivity contribution in [1.82, 2.24) is 9.97 Å². The summed E-state index contributed by atoms with van der Waals surface area (Å²) < 4.78 is 13.4. The molecule has 5 heteroatoms. The smallest absolute Gasteiger partial charge is 0.251 e. The van der Waals surface area contributed by atoms with Gasteiger partial charge in [0.05, 0.1) is 10.7 Å². The first-order chi connectivity index (χ1) is 8.63. The monoisotopic (exact) mass is 264 g/mol. The molecule has 2 aromatic rings. The molecule has 0 spiro atoms. The average molecular weight is 265 g/mol. The van der Waals surface area contributed by atoms with Crippen molar-refractivity contribution in [2.45, 2.75) is 18.8 Å². The lowest BCUT2D eigenvalue weighted by molar-refractivity contribution is 0.628. The number of benzene rings is 1. The third-order valence-corrected chi connectivity index (χ3v) is 3.26. The summed E-state index contributed by atoms with van der Waals surface area (Å²) in [7, 11) is 0.